The molecule has 0 bridgehead atoms. The largest absolute Gasteiger partial charge is 0.350 e. The van der Waals surface area contributed by atoms with E-state index in [0.29, 0.717) is 19.3 Å². The Bertz CT molecular complexity index is 817. The van der Waals surface area contributed by atoms with Gasteiger partial charge in [-0.1, -0.05) is 30.3 Å². The van der Waals surface area contributed by atoms with E-state index in [-0.39, 0.29) is 23.4 Å². The number of nitrogens with one attached hydrogen (secondary N) is 2. The van der Waals surface area contributed by atoms with Gasteiger partial charge >= 0.3 is 0 Å². The monoisotopic (exact) mass is 382 g/mol. The van der Waals surface area contributed by atoms with Crippen LogP contribution in [0, 0.1) is 0 Å². The van der Waals surface area contributed by atoms with E-state index < -0.39 is 0 Å². The summed E-state index contributed by atoms with van der Waals surface area (Å²) < 4.78 is 0. The molecule has 1 saturated heterocycles. The number of rotatable bonds is 6. The van der Waals surface area contributed by atoms with E-state index in [1.165, 1.54) is 16.0 Å². The molecular weight excluding hydrogens is 356 g/mol. The van der Waals surface area contributed by atoms with E-state index in [1.54, 1.807) is 11.3 Å². The number of hydrogen-bond acceptors (Lipinski definition) is 3. The van der Waals surface area contributed by atoms with Crippen molar-refractivity contribution in [3.63, 3.8) is 0 Å². The lowest BCUT2D eigenvalue weighted by Crippen LogP contribution is -2.44. The summed E-state index contributed by atoms with van der Waals surface area (Å²) in [6.07, 6.45) is 6.53. The summed E-state index contributed by atoms with van der Waals surface area (Å²) in [7, 11) is 0. The van der Waals surface area contributed by atoms with Crippen LogP contribution in [0.5, 0.6) is 0 Å². The topological polar surface area (TPSA) is 58.2 Å². The molecule has 0 saturated carbocycles. The molecule has 2 aromatic rings. The maximum Gasteiger partial charge on any atom is 0.220 e. The third kappa shape index (κ3) is 4.24. The summed E-state index contributed by atoms with van der Waals surface area (Å²) in [5, 5.41) is 8.47. The number of benzene rings is 1. The highest BCUT2D eigenvalue weighted by Gasteiger charge is 2.38. The Balaban J connectivity index is 1.38. The Labute approximate surface area is 164 Å². The Hall–Kier alpha value is -2.14. The van der Waals surface area contributed by atoms with E-state index in [0.717, 1.165) is 32.1 Å². The molecule has 2 N–H and O–H groups in total. The summed E-state index contributed by atoms with van der Waals surface area (Å²) in [6.45, 7) is 0. The molecule has 2 amide bonds. The van der Waals surface area contributed by atoms with Gasteiger partial charge in [0.2, 0.25) is 11.8 Å². The third-order valence-corrected chi connectivity index (χ3v) is 6.74. The van der Waals surface area contributed by atoms with Gasteiger partial charge in [-0.25, -0.2) is 0 Å². The minimum atomic E-state index is -0.274. The Morgan fingerprint density at radius 1 is 1.22 bits per heavy atom. The van der Waals surface area contributed by atoms with Crippen LogP contribution in [0.1, 0.15) is 60.6 Å². The van der Waals surface area contributed by atoms with E-state index in [9.17, 15) is 9.59 Å². The molecule has 4 rings (SSSR count). The maximum absolute atomic E-state index is 12.7. The second-order valence-electron chi connectivity index (χ2n) is 7.80. The number of amides is 2. The van der Waals surface area contributed by atoms with Crippen LogP contribution in [-0.4, -0.2) is 17.4 Å². The van der Waals surface area contributed by atoms with Crippen molar-refractivity contribution in [2.45, 2.75) is 62.9 Å². The second kappa shape index (κ2) is 7.85. The third-order valence-electron chi connectivity index (χ3n) is 5.86. The summed E-state index contributed by atoms with van der Waals surface area (Å²) in [5.74, 6) is 0.191. The molecular formula is C22H26N2O2S. The number of carbonyl (C=O) groups excluding carboxylic acids is 2. The molecule has 0 unspecified atom stereocenters. The van der Waals surface area contributed by atoms with Gasteiger partial charge in [0.25, 0.3) is 0 Å². The molecule has 5 heteroatoms. The zero-order valence-electron chi connectivity index (χ0n) is 15.5. The van der Waals surface area contributed by atoms with Crippen LogP contribution in [0.4, 0.5) is 0 Å². The molecule has 2 heterocycles. The van der Waals surface area contributed by atoms with Crippen LogP contribution in [0.25, 0.3) is 0 Å². The Kier molecular flexibility index (Phi) is 5.30. The van der Waals surface area contributed by atoms with E-state index in [2.05, 4.69) is 40.3 Å². The van der Waals surface area contributed by atoms with Crippen molar-refractivity contribution in [1.82, 2.24) is 10.6 Å². The van der Waals surface area contributed by atoms with Gasteiger partial charge < -0.3 is 10.6 Å². The first kappa shape index (κ1) is 18.2. The van der Waals surface area contributed by atoms with Gasteiger partial charge in [-0.3, -0.25) is 9.59 Å². The molecule has 142 valence electrons. The van der Waals surface area contributed by atoms with Gasteiger partial charge in [0.15, 0.2) is 0 Å². The van der Waals surface area contributed by atoms with Crippen LogP contribution in [0.3, 0.4) is 0 Å². The molecule has 1 aliphatic carbocycles. The van der Waals surface area contributed by atoms with Crippen molar-refractivity contribution in [2.75, 3.05) is 0 Å². The molecule has 4 nitrogen and oxygen atoms in total. The van der Waals surface area contributed by atoms with Crippen molar-refractivity contribution in [3.05, 3.63) is 57.8 Å². The average molecular weight is 383 g/mol. The summed E-state index contributed by atoms with van der Waals surface area (Å²) in [6, 6.07) is 12.7. The zero-order valence-corrected chi connectivity index (χ0v) is 16.3. The second-order valence-corrected chi connectivity index (χ2v) is 8.83. The zero-order chi connectivity index (χ0) is 18.7. The average Bonchev–Trinajstić information content (AvgIpc) is 3.31. The number of hydrogen-bond donors (Lipinski definition) is 2. The number of fused-ring (bicyclic) bond motifs is 1. The van der Waals surface area contributed by atoms with Crippen LogP contribution in [-0.2, 0) is 22.4 Å². The van der Waals surface area contributed by atoms with Crippen LogP contribution in [0.2, 0.25) is 0 Å². The fourth-order valence-corrected chi connectivity index (χ4v) is 5.30. The van der Waals surface area contributed by atoms with Gasteiger partial charge in [-0.15, -0.1) is 11.3 Å². The van der Waals surface area contributed by atoms with Crippen molar-refractivity contribution in [1.29, 1.82) is 0 Å². The van der Waals surface area contributed by atoms with Crippen LogP contribution in [0.15, 0.2) is 41.8 Å². The van der Waals surface area contributed by atoms with E-state index in [4.69, 9.17) is 0 Å². The molecule has 0 spiro atoms. The molecule has 1 fully saturated rings. The maximum atomic E-state index is 12.7. The van der Waals surface area contributed by atoms with Crippen molar-refractivity contribution < 1.29 is 9.59 Å². The Morgan fingerprint density at radius 3 is 2.89 bits per heavy atom. The lowest BCUT2D eigenvalue weighted by atomic mass is 9.86. The van der Waals surface area contributed by atoms with Crippen molar-refractivity contribution in [3.8, 4) is 0 Å². The highest BCUT2D eigenvalue weighted by atomic mass is 32.1. The van der Waals surface area contributed by atoms with E-state index >= 15 is 0 Å². The summed E-state index contributed by atoms with van der Waals surface area (Å²) >= 11 is 1.71. The molecule has 2 aliphatic rings. The van der Waals surface area contributed by atoms with Crippen molar-refractivity contribution >= 4 is 23.2 Å². The molecule has 2 atom stereocenters. The fourth-order valence-electron chi connectivity index (χ4n) is 4.45. The van der Waals surface area contributed by atoms with Crippen molar-refractivity contribution in [2.24, 2.45) is 0 Å². The first-order valence-electron chi connectivity index (χ1n) is 9.84. The number of aryl methyl sites for hydroxylation is 1. The smallest absolute Gasteiger partial charge is 0.220 e. The summed E-state index contributed by atoms with van der Waals surface area (Å²) in [5.41, 5.74) is 2.34. The normalized spacial score (nSPS) is 24.3. The Morgan fingerprint density at radius 2 is 2.11 bits per heavy atom. The fraction of sp³-hybridized carbons (Fsp3) is 0.455. The minimum absolute atomic E-state index is 0.0865. The molecule has 1 aromatic carbocycles. The standard InChI is InChI=1S/C22H26N2O2S/c25-20(23-19-9-3-6-16-5-1-2-8-18(16)19)10-12-22(13-11-21(26)24-22)15-17-7-4-14-27-17/h1-2,4-5,7-8,14,19H,3,6,9-13,15H2,(H,23,25)(H,24,26)/t19-,22-/m0/s1. The number of thiophene rings is 1. The lowest BCUT2D eigenvalue weighted by molar-refractivity contribution is -0.123. The predicted octanol–water partition coefficient (Wildman–Crippen LogP) is 3.91. The lowest BCUT2D eigenvalue weighted by Gasteiger charge is -2.30. The molecule has 1 aliphatic heterocycles. The predicted molar refractivity (Wildman–Crippen MR) is 108 cm³/mol. The number of carbonyl (C=O) groups is 2. The summed E-state index contributed by atoms with van der Waals surface area (Å²) in [4.78, 5) is 25.8. The first-order chi connectivity index (χ1) is 13.1. The quantitative estimate of drug-likeness (QED) is 0.796. The van der Waals surface area contributed by atoms with Crippen LogP contribution < -0.4 is 10.6 Å². The SMILES string of the molecule is O=C(CC[C@@]1(Cc2cccs2)CCC(=O)N1)N[C@H]1CCCc2ccccc21. The van der Waals surface area contributed by atoms with Gasteiger partial charge in [0.05, 0.1) is 6.04 Å². The minimum Gasteiger partial charge on any atom is -0.350 e. The molecule has 0 radical (unpaired) electrons. The highest BCUT2D eigenvalue weighted by molar-refractivity contribution is 7.09. The van der Waals surface area contributed by atoms with Gasteiger partial charge in [0.1, 0.15) is 0 Å². The van der Waals surface area contributed by atoms with E-state index in [1.807, 2.05) is 12.1 Å². The van der Waals surface area contributed by atoms with Gasteiger partial charge in [0, 0.05) is 29.7 Å². The molecule has 1 aromatic heterocycles. The van der Waals surface area contributed by atoms with Gasteiger partial charge in [-0.05, 0) is 54.7 Å². The first-order valence-corrected chi connectivity index (χ1v) is 10.7. The molecule has 27 heavy (non-hydrogen) atoms. The van der Waals surface area contributed by atoms with Crippen LogP contribution >= 0.6 is 11.3 Å². The highest BCUT2D eigenvalue weighted by Crippen LogP contribution is 2.32. The van der Waals surface area contributed by atoms with Gasteiger partial charge in [-0.2, -0.15) is 0 Å².